The van der Waals surface area contributed by atoms with E-state index in [0.717, 1.165) is 0 Å². The smallest absolute Gasteiger partial charge is 0.492 e. The van der Waals surface area contributed by atoms with Gasteiger partial charge in [-0.05, 0) is 54.5 Å². The summed E-state index contributed by atoms with van der Waals surface area (Å²) in [5.41, 5.74) is -1.41. The van der Waals surface area contributed by atoms with Crippen LogP contribution in [-0.2, 0) is 14.0 Å². The first-order valence-electron chi connectivity index (χ1n) is 9.59. The number of benzene rings is 1. The molecule has 1 heterocycles. The molecule has 1 aromatic carbocycles. The summed E-state index contributed by atoms with van der Waals surface area (Å²) in [6, 6.07) is 4.13. The average Bonchev–Trinajstić information content (AvgIpc) is 2.77. The van der Waals surface area contributed by atoms with Crippen LogP contribution < -0.4 is 15.5 Å². The summed E-state index contributed by atoms with van der Waals surface area (Å²) < 4.78 is 49.2. The Morgan fingerprint density at radius 1 is 1.17 bits per heavy atom. The molecular weight excluding hydrogens is 383 g/mol. The van der Waals surface area contributed by atoms with Gasteiger partial charge in [-0.25, -0.2) is 13.6 Å². The van der Waals surface area contributed by atoms with Crippen molar-refractivity contribution in [3.05, 3.63) is 23.8 Å². The molecule has 1 fully saturated rings. The lowest BCUT2D eigenvalue weighted by atomic mass is 9.78. The highest BCUT2D eigenvalue weighted by Gasteiger charge is 2.52. The minimum atomic E-state index is -2.63. The van der Waals surface area contributed by atoms with Crippen LogP contribution in [-0.4, -0.2) is 43.2 Å². The van der Waals surface area contributed by atoms with Crippen LogP contribution in [0.2, 0.25) is 0 Å². The van der Waals surface area contributed by atoms with Crippen molar-refractivity contribution in [2.75, 3.05) is 13.2 Å². The standard InChI is InChI=1S/C20H30BF2NO5/c1-18(2,3)27-17(25)24-10-11-26-15-12-13(16(22)23)8-9-14(15)21-28-19(4,5)20(6,7)29-21/h8-9,12,16H,10-11H2,1-7H3,(H,24,25). The second kappa shape index (κ2) is 8.48. The molecule has 0 atom stereocenters. The van der Waals surface area contributed by atoms with Crippen molar-refractivity contribution in [1.82, 2.24) is 5.32 Å². The van der Waals surface area contributed by atoms with E-state index in [2.05, 4.69) is 5.32 Å². The first-order chi connectivity index (χ1) is 13.2. The molecule has 0 radical (unpaired) electrons. The molecule has 9 heteroatoms. The summed E-state index contributed by atoms with van der Waals surface area (Å²) in [5, 5.41) is 2.57. The third kappa shape index (κ3) is 6.06. The molecule has 0 unspecified atom stereocenters. The Hall–Kier alpha value is -1.87. The van der Waals surface area contributed by atoms with E-state index in [1.165, 1.54) is 18.2 Å². The maximum Gasteiger partial charge on any atom is 0.498 e. The van der Waals surface area contributed by atoms with Crippen molar-refractivity contribution in [2.24, 2.45) is 0 Å². The van der Waals surface area contributed by atoms with Crippen LogP contribution in [0.1, 0.15) is 60.5 Å². The van der Waals surface area contributed by atoms with Crippen molar-refractivity contribution in [3.8, 4) is 5.75 Å². The number of halogens is 2. The van der Waals surface area contributed by atoms with Crippen LogP contribution in [0.3, 0.4) is 0 Å². The Bertz CT molecular complexity index is 718. The summed E-state index contributed by atoms with van der Waals surface area (Å²) in [6.07, 6.45) is -3.21. The van der Waals surface area contributed by atoms with Gasteiger partial charge in [-0.15, -0.1) is 0 Å². The van der Waals surface area contributed by atoms with Gasteiger partial charge in [0.25, 0.3) is 6.43 Å². The van der Waals surface area contributed by atoms with Crippen LogP contribution >= 0.6 is 0 Å². The minimum Gasteiger partial charge on any atom is -0.492 e. The highest BCUT2D eigenvalue weighted by atomic mass is 19.3. The Kier molecular flexibility index (Phi) is 6.84. The fraction of sp³-hybridized carbons (Fsp3) is 0.650. The van der Waals surface area contributed by atoms with Gasteiger partial charge in [-0.2, -0.15) is 0 Å². The lowest BCUT2D eigenvalue weighted by molar-refractivity contribution is 0.00578. The zero-order valence-electron chi connectivity index (χ0n) is 18.1. The molecule has 2 rings (SSSR count). The Labute approximate surface area is 171 Å². The van der Waals surface area contributed by atoms with Gasteiger partial charge in [0.1, 0.15) is 18.0 Å². The second-order valence-corrected chi connectivity index (χ2v) is 8.96. The lowest BCUT2D eigenvalue weighted by Crippen LogP contribution is -2.41. The topological polar surface area (TPSA) is 66.0 Å². The highest BCUT2D eigenvalue weighted by molar-refractivity contribution is 6.63. The van der Waals surface area contributed by atoms with E-state index < -0.39 is 36.4 Å². The van der Waals surface area contributed by atoms with E-state index >= 15 is 0 Å². The summed E-state index contributed by atoms with van der Waals surface area (Å²) >= 11 is 0. The average molecular weight is 413 g/mol. The molecule has 1 amide bonds. The number of hydrogen-bond acceptors (Lipinski definition) is 5. The van der Waals surface area contributed by atoms with Crippen molar-refractivity contribution < 1.29 is 32.4 Å². The van der Waals surface area contributed by atoms with Crippen LogP contribution in [0.4, 0.5) is 13.6 Å². The summed E-state index contributed by atoms with van der Waals surface area (Å²) in [5.74, 6) is 0.229. The fourth-order valence-corrected chi connectivity index (χ4v) is 2.60. The number of amides is 1. The van der Waals surface area contributed by atoms with Crippen LogP contribution in [0.25, 0.3) is 0 Å². The Morgan fingerprint density at radius 2 is 1.76 bits per heavy atom. The molecule has 1 aromatic rings. The first-order valence-corrected chi connectivity index (χ1v) is 9.59. The van der Waals surface area contributed by atoms with E-state index in [-0.39, 0.29) is 24.5 Å². The third-order valence-electron chi connectivity index (χ3n) is 4.82. The van der Waals surface area contributed by atoms with Gasteiger partial charge in [0, 0.05) is 11.0 Å². The molecule has 6 nitrogen and oxygen atoms in total. The number of rotatable bonds is 6. The normalized spacial score (nSPS) is 18.1. The molecule has 0 aromatic heterocycles. The molecule has 29 heavy (non-hydrogen) atoms. The van der Waals surface area contributed by atoms with Gasteiger partial charge in [-0.1, -0.05) is 12.1 Å². The van der Waals surface area contributed by atoms with Crippen LogP contribution in [0, 0.1) is 0 Å². The lowest BCUT2D eigenvalue weighted by Gasteiger charge is -2.32. The van der Waals surface area contributed by atoms with E-state index in [4.69, 9.17) is 18.8 Å². The molecule has 1 saturated heterocycles. The van der Waals surface area contributed by atoms with E-state index in [9.17, 15) is 13.6 Å². The van der Waals surface area contributed by atoms with E-state index in [1.807, 2.05) is 27.7 Å². The zero-order valence-corrected chi connectivity index (χ0v) is 18.1. The number of carbonyl (C=O) groups is 1. The Morgan fingerprint density at radius 3 is 2.28 bits per heavy atom. The van der Waals surface area contributed by atoms with Gasteiger partial charge < -0.3 is 24.1 Å². The minimum absolute atomic E-state index is 0.0679. The van der Waals surface area contributed by atoms with Gasteiger partial charge in [0.15, 0.2) is 0 Å². The molecule has 0 spiro atoms. The van der Waals surface area contributed by atoms with Crippen molar-refractivity contribution >= 4 is 18.7 Å². The van der Waals surface area contributed by atoms with E-state index in [0.29, 0.717) is 5.46 Å². The number of carbonyl (C=O) groups excluding carboxylic acids is 1. The molecule has 1 aliphatic rings. The molecular formula is C20H30BF2NO5. The highest BCUT2D eigenvalue weighted by Crippen LogP contribution is 2.37. The third-order valence-corrected chi connectivity index (χ3v) is 4.82. The summed E-state index contributed by atoms with van der Waals surface area (Å²) in [6.45, 7) is 13.1. The predicted octanol–water partition coefficient (Wildman–Crippen LogP) is 3.83. The number of alkyl carbamates (subject to hydrolysis) is 1. The molecule has 1 aliphatic heterocycles. The zero-order chi connectivity index (χ0) is 22.0. The second-order valence-electron chi connectivity index (χ2n) is 8.96. The summed E-state index contributed by atoms with van der Waals surface area (Å²) in [4.78, 5) is 11.7. The first kappa shape index (κ1) is 23.4. The molecule has 0 saturated carbocycles. The van der Waals surface area contributed by atoms with Crippen molar-refractivity contribution in [2.45, 2.75) is 71.7 Å². The predicted molar refractivity (Wildman–Crippen MR) is 107 cm³/mol. The largest absolute Gasteiger partial charge is 0.498 e. The number of nitrogens with one attached hydrogen (secondary N) is 1. The van der Waals surface area contributed by atoms with Crippen molar-refractivity contribution in [3.63, 3.8) is 0 Å². The van der Waals surface area contributed by atoms with E-state index in [1.54, 1.807) is 20.8 Å². The van der Waals surface area contributed by atoms with Gasteiger partial charge >= 0.3 is 13.2 Å². The molecule has 1 N–H and O–H groups in total. The summed E-state index contributed by atoms with van der Waals surface area (Å²) in [7, 11) is -0.750. The van der Waals surface area contributed by atoms with Gasteiger partial charge in [0.05, 0.1) is 17.7 Å². The number of hydrogen-bond donors (Lipinski definition) is 1. The monoisotopic (exact) mass is 413 g/mol. The quantitative estimate of drug-likeness (QED) is 0.567. The fourth-order valence-electron chi connectivity index (χ4n) is 2.60. The van der Waals surface area contributed by atoms with Crippen molar-refractivity contribution in [1.29, 1.82) is 0 Å². The van der Waals surface area contributed by atoms with Crippen LogP contribution in [0.5, 0.6) is 5.75 Å². The maximum absolute atomic E-state index is 13.2. The SMILES string of the molecule is CC(C)(C)OC(=O)NCCOc1cc(C(F)F)ccc1B1OC(C)(C)C(C)(C)O1. The van der Waals surface area contributed by atoms with Crippen LogP contribution in [0.15, 0.2) is 18.2 Å². The number of ether oxygens (including phenoxy) is 2. The molecule has 0 bridgehead atoms. The van der Waals surface area contributed by atoms with Gasteiger partial charge in [0.2, 0.25) is 0 Å². The number of alkyl halides is 2. The van der Waals surface area contributed by atoms with Gasteiger partial charge in [-0.3, -0.25) is 0 Å². The molecule has 162 valence electrons. The Balaban J connectivity index is 2.09. The maximum atomic E-state index is 13.2. The molecule has 0 aliphatic carbocycles.